The van der Waals surface area contributed by atoms with Gasteiger partial charge in [-0.15, -0.1) is 0 Å². The molecule has 0 fully saturated rings. The zero-order chi connectivity index (χ0) is 20.4. The van der Waals surface area contributed by atoms with E-state index in [0.29, 0.717) is 40.1 Å². The molecule has 3 aromatic rings. The van der Waals surface area contributed by atoms with Crippen molar-refractivity contribution < 1.29 is 23.8 Å². The molecule has 8 nitrogen and oxygen atoms in total. The van der Waals surface area contributed by atoms with E-state index < -0.39 is 0 Å². The van der Waals surface area contributed by atoms with Gasteiger partial charge in [-0.3, -0.25) is 9.59 Å². The number of nitrogens with zero attached hydrogens (tertiary/aromatic N) is 1. The fraction of sp³-hybridized carbons (Fsp3) is 0.0952. The third-order valence-corrected chi connectivity index (χ3v) is 4.35. The molecule has 0 bridgehead atoms. The largest absolute Gasteiger partial charge is 0.493 e. The summed E-state index contributed by atoms with van der Waals surface area (Å²) in [6.07, 6.45) is 1.58. The summed E-state index contributed by atoms with van der Waals surface area (Å²) < 4.78 is 16.1. The molecule has 8 heteroatoms. The first-order valence-electron chi connectivity index (χ1n) is 8.70. The summed E-state index contributed by atoms with van der Waals surface area (Å²) in [5.41, 5.74) is 1.59. The molecule has 0 saturated carbocycles. The van der Waals surface area contributed by atoms with E-state index >= 15 is 0 Å². The Bertz CT molecular complexity index is 1110. The second-order valence-electron chi connectivity index (χ2n) is 6.15. The molecule has 0 unspecified atom stereocenters. The Balaban J connectivity index is 1.59. The summed E-state index contributed by atoms with van der Waals surface area (Å²) in [4.78, 5) is 29.3. The zero-order valence-corrected chi connectivity index (χ0v) is 15.7. The van der Waals surface area contributed by atoms with Crippen molar-refractivity contribution in [1.82, 2.24) is 4.98 Å². The van der Waals surface area contributed by atoms with Crippen molar-refractivity contribution in [2.45, 2.75) is 0 Å². The number of carbonyl (C=O) groups excluding carboxylic acids is 2. The third-order valence-electron chi connectivity index (χ3n) is 4.35. The van der Waals surface area contributed by atoms with Crippen LogP contribution in [0.25, 0.3) is 0 Å². The molecular formula is C21H17N3O5. The highest BCUT2D eigenvalue weighted by Gasteiger charge is 2.22. The fourth-order valence-corrected chi connectivity index (χ4v) is 2.92. The molecule has 0 saturated heterocycles. The van der Waals surface area contributed by atoms with Crippen molar-refractivity contribution in [3.63, 3.8) is 0 Å². The van der Waals surface area contributed by atoms with Crippen LogP contribution in [0, 0.1) is 0 Å². The number of amides is 2. The molecule has 1 aliphatic heterocycles. The van der Waals surface area contributed by atoms with Crippen molar-refractivity contribution >= 4 is 23.2 Å². The number of ether oxygens (including phenoxy) is 3. The molecule has 1 aromatic heterocycles. The Labute approximate surface area is 166 Å². The second kappa shape index (κ2) is 7.51. The molecule has 0 aliphatic carbocycles. The van der Waals surface area contributed by atoms with Crippen molar-refractivity contribution in [3.8, 4) is 23.1 Å². The van der Waals surface area contributed by atoms with Crippen LogP contribution in [-0.2, 0) is 0 Å². The number of methoxy groups -OCH3 is 2. The van der Waals surface area contributed by atoms with Crippen LogP contribution in [0.15, 0.2) is 54.7 Å². The molecule has 146 valence electrons. The van der Waals surface area contributed by atoms with Gasteiger partial charge in [0, 0.05) is 17.4 Å². The first kappa shape index (κ1) is 18.3. The Morgan fingerprint density at radius 1 is 1.07 bits per heavy atom. The van der Waals surface area contributed by atoms with Gasteiger partial charge in [-0.05, 0) is 48.5 Å². The number of nitrogens with one attached hydrogen (secondary N) is 2. The van der Waals surface area contributed by atoms with Gasteiger partial charge in [0.05, 0.1) is 19.8 Å². The standard InChI is InChI=1S/C21H17N3O5/c1-27-17-7-5-12(10-18(17)28-2)19(25)23-13-6-8-16-14(11-13)20(26)24-15-4-3-9-22-21(15)29-16/h3-11H,1-2H3,(H,23,25)(H,24,26). The molecule has 2 heterocycles. The van der Waals surface area contributed by atoms with Gasteiger partial charge in [-0.1, -0.05) is 0 Å². The van der Waals surface area contributed by atoms with Gasteiger partial charge in [-0.2, -0.15) is 0 Å². The molecule has 2 aromatic carbocycles. The molecule has 4 rings (SSSR count). The van der Waals surface area contributed by atoms with Gasteiger partial charge in [0.1, 0.15) is 11.4 Å². The fourth-order valence-electron chi connectivity index (χ4n) is 2.92. The molecule has 2 amide bonds. The number of carbonyl (C=O) groups is 2. The quantitative estimate of drug-likeness (QED) is 0.703. The zero-order valence-electron chi connectivity index (χ0n) is 15.7. The number of pyridine rings is 1. The topological polar surface area (TPSA) is 98.8 Å². The monoisotopic (exact) mass is 391 g/mol. The lowest BCUT2D eigenvalue weighted by Gasteiger charge is -2.11. The van der Waals surface area contributed by atoms with Gasteiger partial charge in [0.25, 0.3) is 11.8 Å². The van der Waals surface area contributed by atoms with Crippen molar-refractivity contribution in [2.75, 3.05) is 24.9 Å². The minimum absolute atomic E-state index is 0.285. The number of rotatable bonds is 4. The van der Waals surface area contributed by atoms with E-state index in [0.717, 1.165) is 0 Å². The lowest BCUT2D eigenvalue weighted by Crippen LogP contribution is -2.14. The Morgan fingerprint density at radius 2 is 1.90 bits per heavy atom. The predicted octanol–water partition coefficient (Wildman–Crippen LogP) is 3.71. The van der Waals surface area contributed by atoms with Crippen LogP contribution in [0.3, 0.4) is 0 Å². The normalized spacial score (nSPS) is 11.9. The van der Waals surface area contributed by atoms with Gasteiger partial charge in [0.2, 0.25) is 5.88 Å². The average Bonchev–Trinajstić information content (AvgIpc) is 2.88. The van der Waals surface area contributed by atoms with Crippen LogP contribution in [0.5, 0.6) is 23.1 Å². The molecule has 29 heavy (non-hydrogen) atoms. The third kappa shape index (κ3) is 3.55. The molecule has 2 N–H and O–H groups in total. The van der Waals surface area contributed by atoms with Crippen LogP contribution in [0.2, 0.25) is 0 Å². The van der Waals surface area contributed by atoms with Gasteiger partial charge >= 0.3 is 0 Å². The second-order valence-corrected chi connectivity index (χ2v) is 6.15. The number of aromatic nitrogens is 1. The van der Waals surface area contributed by atoms with E-state index in [1.807, 2.05) is 0 Å². The Hall–Kier alpha value is -4.07. The number of benzene rings is 2. The number of fused-ring (bicyclic) bond motifs is 2. The summed E-state index contributed by atoms with van der Waals surface area (Å²) in [7, 11) is 3.02. The van der Waals surface area contributed by atoms with Gasteiger partial charge in [0.15, 0.2) is 11.5 Å². The molecular weight excluding hydrogens is 374 g/mol. The number of anilines is 2. The van der Waals surface area contributed by atoms with Crippen molar-refractivity contribution in [3.05, 3.63) is 65.9 Å². The molecule has 1 aliphatic rings. The molecule has 0 atom stereocenters. The summed E-state index contributed by atoms with van der Waals surface area (Å²) in [5, 5.41) is 5.52. The average molecular weight is 391 g/mol. The first-order valence-corrected chi connectivity index (χ1v) is 8.70. The highest BCUT2D eigenvalue weighted by molar-refractivity contribution is 6.10. The first-order chi connectivity index (χ1) is 14.1. The van der Waals surface area contributed by atoms with Crippen LogP contribution >= 0.6 is 0 Å². The highest BCUT2D eigenvalue weighted by atomic mass is 16.5. The van der Waals surface area contributed by atoms with Crippen molar-refractivity contribution in [2.24, 2.45) is 0 Å². The van der Waals surface area contributed by atoms with Crippen LogP contribution in [0.1, 0.15) is 20.7 Å². The van der Waals surface area contributed by atoms with Crippen LogP contribution in [-0.4, -0.2) is 31.0 Å². The highest BCUT2D eigenvalue weighted by Crippen LogP contribution is 2.35. The lowest BCUT2D eigenvalue weighted by molar-refractivity contribution is 0.101. The minimum atomic E-state index is -0.356. The predicted molar refractivity (Wildman–Crippen MR) is 106 cm³/mol. The van der Waals surface area contributed by atoms with Crippen LogP contribution in [0.4, 0.5) is 11.4 Å². The maximum atomic E-state index is 12.6. The summed E-state index contributed by atoms with van der Waals surface area (Å²) >= 11 is 0. The lowest BCUT2D eigenvalue weighted by atomic mass is 10.1. The van der Waals surface area contributed by atoms with E-state index in [4.69, 9.17) is 14.2 Å². The maximum absolute atomic E-state index is 12.6. The van der Waals surface area contributed by atoms with Gasteiger partial charge in [-0.25, -0.2) is 4.98 Å². The minimum Gasteiger partial charge on any atom is -0.493 e. The van der Waals surface area contributed by atoms with E-state index in [1.165, 1.54) is 14.2 Å². The van der Waals surface area contributed by atoms with Crippen LogP contribution < -0.4 is 24.8 Å². The summed E-state index contributed by atoms with van der Waals surface area (Å²) in [6, 6.07) is 13.1. The number of hydrogen-bond donors (Lipinski definition) is 2. The van der Waals surface area contributed by atoms with E-state index in [1.54, 1.807) is 54.7 Å². The Kier molecular flexibility index (Phi) is 4.74. The SMILES string of the molecule is COc1ccc(C(=O)Nc2ccc3c(c2)C(=O)Nc2cccnc2O3)cc1OC. The van der Waals surface area contributed by atoms with E-state index in [2.05, 4.69) is 15.6 Å². The summed E-state index contributed by atoms with van der Waals surface area (Å²) in [5.74, 6) is 0.918. The summed E-state index contributed by atoms with van der Waals surface area (Å²) in [6.45, 7) is 0. The number of hydrogen-bond acceptors (Lipinski definition) is 6. The molecule has 0 radical (unpaired) electrons. The maximum Gasteiger partial charge on any atom is 0.259 e. The molecule has 0 spiro atoms. The Morgan fingerprint density at radius 3 is 2.69 bits per heavy atom. The van der Waals surface area contributed by atoms with E-state index in [-0.39, 0.29) is 17.4 Å². The van der Waals surface area contributed by atoms with Gasteiger partial charge < -0.3 is 24.8 Å². The van der Waals surface area contributed by atoms with E-state index in [9.17, 15) is 9.59 Å². The smallest absolute Gasteiger partial charge is 0.259 e. The van der Waals surface area contributed by atoms with Crippen molar-refractivity contribution in [1.29, 1.82) is 0 Å².